The maximum Gasteiger partial charge on any atom is 0.240 e. The van der Waals surface area contributed by atoms with Crippen LogP contribution in [0.3, 0.4) is 0 Å². The Balaban J connectivity index is 0.00000242. The number of anilines is 1. The number of nitrogens with two attached hydrogens (primary N) is 2. The number of rotatable bonds is 4. The number of nitrogens with zero attached hydrogens (tertiary/aromatic N) is 2. The summed E-state index contributed by atoms with van der Waals surface area (Å²) in [6.45, 7) is 2.54. The van der Waals surface area contributed by atoms with Crippen molar-refractivity contribution in [2.24, 2.45) is 11.5 Å². The van der Waals surface area contributed by atoms with Crippen LogP contribution < -0.4 is 16.4 Å². The molecule has 2 rings (SSSR count). The lowest BCUT2D eigenvalue weighted by atomic mass is 10.1. The number of primary amides is 1. The molecule has 1 atom stereocenters. The van der Waals surface area contributed by atoms with E-state index in [4.69, 9.17) is 23.1 Å². The Morgan fingerprint density at radius 2 is 1.86 bits per heavy atom. The predicted octanol–water partition coefficient (Wildman–Crippen LogP) is 0.613. The molecule has 1 unspecified atom stereocenters. The van der Waals surface area contributed by atoms with E-state index in [0.29, 0.717) is 31.2 Å². The Labute approximate surface area is 140 Å². The average molecular weight is 347 g/mol. The SMILES string of the molecule is Cl.NC(=O)CC(N)C(=O)N1CCN(c2cccc(Cl)c2)CC1. The van der Waals surface area contributed by atoms with Gasteiger partial charge < -0.3 is 21.3 Å². The molecular formula is C14H20Cl2N4O2. The fourth-order valence-electron chi connectivity index (χ4n) is 2.40. The van der Waals surface area contributed by atoms with Gasteiger partial charge in [0.25, 0.3) is 0 Å². The Bertz CT molecular complexity index is 533. The molecule has 0 spiro atoms. The van der Waals surface area contributed by atoms with Gasteiger partial charge in [0.2, 0.25) is 11.8 Å². The van der Waals surface area contributed by atoms with Gasteiger partial charge in [-0.1, -0.05) is 17.7 Å². The van der Waals surface area contributed by atoms with E-state index in [2.05, 4.69) is 4.90 Å². The number of hydrogen-bond acceptors (Lipinski definition) is 4. The minimum atomic E-state index is -0.847. The molecule has 0 aromatic heterocycles. The number of carbonyl (C=O) groups is 2. The number of piperazine rings is 1. The van der Waals surface area contributed by atoms with Crippen LogP contribution in [0.1, 0.15) is 6.42 Å². The van der Waals surface area contributed by atoms with Gasteiger partial charge in [0.15, 0.2) is 0 Å². The van der Waals surface area contributed by atoms with E-state index >= 15 is 0 Å². The van der Waals surface area contributed by atoms with E-state index < -0.39 is 11.9 Å². The highest BCUT2D eigenvalue weighted by molar-refractivity contribution is 6.30. The molecule has 1 heterocycles. The van der Waals surface area contributed by atoms with Crippen LogP contribution in [-0.4, -0.2) is 48.9 Å². The van der Waals surface area contributed by atoms with Gasteiger partial charge in [0.05, 0.1) is 12.5 Å². The standard InChI is InChI=1S/C14H19ClN4O2.ClH/c15-10-2-1-3-11(8-10)18-4-6-19(7-5-18)14(21)12(16)9-13(17)20;/h1-3,8,12H,4-7,9,16H2,(H2,17,20);1H. The number of hydrogen-bond donors (Lipinski definition) is 2. The zero-order chi connectivity index (χ0) is 15.4. The van der Waals surface area contributed by atoms with Crippen LogP contribution in [-0.2, 0) is 9.59 Å². The fourth-order valence-corrected chi connectivity index (χ4v) is 2.58. The summed E-state index contributed by atoms with van der Waals surface area (Å²) in [4.78, 5) is 26.7. The summed E-state index contributed by atoms with van der Waals surface area (Å²) in [6.07, 6.45) is -0.118. The molecule has 8 heteroatoms. The molecular weight excluding hydrogens is 327 g/mol. The van der Waals surface area contributed by atoms with Crippen LogP contribution >= 0.6 is 24.0 Å². The summed E-state index contributed by atoms with van der Waals surface area (Å²) < 4.78 is 0. The fraction of sp³-hybridized carbons (Fsp3) is 0.429. The van der Waals surface area contributed by atoms with E-state index in [1.54, 1.807) is 4.90 Å². The minimum absolute atomic E-state index is 0. The van der Waals surface area contributed by atoms with E-state index in [0.717, 1.165) is 5.69 Å². The van der Waals surface area contributed by atoms with Gasteiger partial charge in [0, 0.05) is 36.9 Å². The van der Waals surface area contributed by atoms with Gasteiger partial charge >= 0.3 is 0 Å². The summed E-state index contributed by atoms with van der Waals surface area (Å²) in [7, 11) is 0. The van der Waals surface area contributed by atoms with Gasteiger partial charge in [-0.25, -0.2) is 0 Å². The molecule has 6 nitrogen and oxygen atoms in total. The summed E-state index contributed by atoms with van der Waals surface area (Å²) in [5, 5.41) is 0.689. The largest absolute Gasteiger partial charge is 0.370 e. The lowest BCUT2D eigenvalue weighted by molar-refractivity contribution is -0.134. The van der Waals surface area contributed by atoms with Crippen molar-refractivity contribution in [2.45, 2.75) is 12.5 Å². The number of benzene rings is 1. The lowest BCUT2D eigenvalue weighted by Crippen LogP contribution is -2.53. The van der Waals surface area contributed by atoms with Crippen molar-refractivity contribution in [3.8, 4) is 0 Å². The summed E-state index contributed by atoms with van der Waals surface area (Å²) in [5.74, 6) is -0.784. The molecule has 1 aliphatic heterocycles. The average Bonchev–Trinajstić information content (AvgIpc) is 2.46. The first-order valence-electron chi connectivity index (χ1n) is 6.80. The molecule has 1 fully saturated rings. The third kappa shape index (κ3) is 4.76. The maximum absolute atomic E-state index is 12.1. The first-order valence-corrected chi connectivity index (χ1v) is 7.18. The second-order valence-electron chi connectivity index (χ2n) is 5.07. The zero-order valence-corrected chi connectivity index (χ0v) is 13.6. The summed E-state index contributed by atoms with van der Waals surface area (Å²) in [5.41, 5.74) is 11.8. The molecule has 2 amide bonds. The molecule has 1 saturated heterocycles. The number of halogens is 2. The van der Waals surface area contributed by atoms with Gasteiger partial charge in [-0.15, -0.1) is 12.4 Å². The smallest absolute Gasteiger partial charge is 0.240 e. The van der Waals surface area contributed by atoms with Crippen molar-refractivity contribution in [3.63, 3.8) is 0 Å². The van der Waals surface area contributed by atoms with E-state index in [1.165, 1.54) is 0 Å². The molecule has 1 aromatic carbocycles. The molecule has 0 bridgehead atoms. The van der Waals surface area contributed by atoms with Crippen LogP contribution in [0.2, 0.25) is 5.02 Å². The van der Waals surface area contributed by atoms with Crippen molar-refractivity contribution in [2.75, 3.05) is 31.1 Å². The molecule has 1 aliphatic rings. The van der Waals surface area contributed by atoms with Crippen LogP contribution in [0.15, 0.2) is 24.3 Å². The lowest BCUT2D eigenvalue weighted by Gasteiger charge is -2.37. The van der Waals surface area contributed by atoms with Crippen LogP contribution in [0.5, 0.6) is 0 Å². The van der Waals surface area contributed by atoms with Crippen molar-refractivity contribution < 1.29 is 9.59 Å². The molecule has 0 aliphatic carbocycles. The first kappa shape index (κ1) is 18.5. The van der Waals surface area contributed by atoms with E-state index in [9.17, 15) is 9.59 Å². The maximum atomic E-state index is 12.1. The normalized spacial score (nSPS) is 15.9. The summed E-state index contributed by atoms with van der Waals surface area (Å²) in [6, 6.07) is 6.77. The van der Waals surface area contributed by atoms with Crippen LogP contribution in [0.25, 0.3) is 0 Å². The van der Waals surface area contributed by atoms with E-state index in [1.807, 2.05) is 24.3 Å². The van der Waals surface area contributed by atoms with Crippen LogP contribution in [0, 0.1) is 0 Å². The Kier molecular flexibility index (Phi) is 6.93. The van der Waals surface area contributed by atoms with Crippen molar-refractivity contribution in [3.05, 3.63) is 29.3 Å². The highest BCUT2D eigenvalue weighted by Crippen LogP contribution is 2.20. The summed E-state index contributed by atoms with van der Waals surface area (Å²) >= 11 is 5.98. The number of carbonyl (C=O) groups excluding carboxylic acids is 2. The molecule has 4 N–H and O–H groups in total. The van der Waals surface area contributed by atoms with Crippen molar-refractivity contribution >= 4 is 41.5 Å². The van der Waals surface area contributed by atoms with Crippen LogP contribution in [0.4, 0.5) is 5.69 Å². The molecule has 122 valence electrons. The third-order valence-electron chi connectivity index (χ3n) is 3.50. The minimum Gasteiger partial charge on any atom is -0.370 e. The highest BCUT2D eigenvalue weighted by Gasteiger charge is 2.26. The Morgan fingerprint density at radius 3 is 2.41 bits per heavy atom. The first-order chi connectivity index (χ1) is 9.97. The third-order valence-corrected chi connectivity index (χ3v) is 3.74. The molecule has 0 saturated carbocycles. The van der Waals surface area contributed by atoms with Gasteiger partial charge in [0.1, 0.15) is 0 Å². The van der Waals surface area contributed by atoms with Gasteiger partial charge in [-0.3, -0.25) is 9.59 Å². The van der Waals surface area contributed by atoms with Gasteiger partial charge in [-0.2, -0.15) is 0 Å². The Hall–Kier alpha value is -1.50. The number of amides is 2. The molecule has 1 aromatic rings. The molecule has 22 heavy (non-hydrogen) atoms. The predicted molar refractivity (Wildman–Crippen MR) is 89.3 cm³/mol. The monoisotopic (exact) mass is 346 g/mol. The topological polar surface area (TPSA) is 92.7 Å². The van der Waals surface area contributed by atoms with Crippen molar-refractivity contribution in [1.82, 2.24) is 4.90 Å². The second-order valence-corrected chi connectivity index (χ2v) is 5.51. The molecule has 0 radical (unpaired) electrons. The van der Waals surface area contributed by atoms with Gasteiger partial charge in [-0.05, 0) is 18.2 Å². The quantitative estimate of drug-likeness (QED) is 0.835. The Morgan fingerprint density at radius 1 is 1.23 bits per heavy atom. The second kappa shape index (κ2) is 8.22. The zero-order valence-electron chi connectivity index (χ0n) is 12.1. The highest BCUT2D eigenvalue weighted by atomic mass is 35.5. The van der Waals surface area contributed by atoms with E-state index in [-0.39, 0.29) is 24.7 Å². The van der Waals surface area contributed by atoms with Crippen molar-refractivity contribution in [1.29, 1.82) is 0 Å².